The first kappa shape index (κ1) is 8.92. The molecule has 1 unspecified atom stereocenters. The molecule has 0 radical (unpaired) electrons. The van der Waals surface area contributed by atoms with Gasteiger partial charge >= 0.3 is 0 Å². The molecule has 0 heterocycles. The molecule has 0 spiro atoms. The zero-order valence-electron chi connectivity index (χ0n) is 6.05. The summed E-state index contributed by atoms with van der Waals surface area (Å²) < 4.78 is 0. The highest BCUT2D eigenvalue weighted by Gasteiger charge is 2.05. The van der Waals surface area contributed by atoms with Gasteiger partial charge in [-0.2, -0.15) is 5.26 Å². The van der Waals surface area contributed by atoms with Gasteiger partial charge < -0.3 is 10.4 Å². The van der Waals surface area contributed by atoms with Gasteiger partial charge in [0.05, 0.1) is 5.84 Å². The maximum Gasteiger partial charge on any atom is 0.215 e. The van der Waals surface area contributed by atoms with Gasteiger partial charge in [-0.1, -0.05) is 13.8 Å². The number of hydrogen-bond donors (Lipinski definition) is 3. The van der Waals surface area contributed by atoms with Gasteiger partial charge in [-0.05, 0) is 0 Å². The van der Waals surface area contributed by atoms with Crippen molar-refractivity contribution in [2.45, 2.75) is 20.1 Å². The third-order valence-electron chi connectivity index (χ3n) is 0.992. The average Bonchev–Trinajstić information content (AvgIpc) is 1.87. The molecular formula is C6H11N3O. The van der Waals surface area contributed by atoms with Crippen molar-refractivity contribution < 1.29 is 5.11 Å². The second-order valence-electron chi connectivity index (χ2n) is 2.24. The van der Waals surface area contributed by atoms with E-state index in [4.69, 9.17) is 15.8 Å². The molecule has 0 rings (SSSR count). The van der Waals surface area contributed by atoms with Crippen LogP contribution in [0.4, 0.5) is 0 Å². The highest BCUT2D eigenvalue weighted by atomic mass is 16.3. The van der Waals surface area contributed by atoms with Crippen molar-refractivity contribution in [2.24, 2.45) is 5.92 Å². The number of amidine groups is 1. The zero-order valence-corrected chi connectivity index (χ0v) is 6.05. The smallest absolute Gasteiger partial charge is 0.215 e. The third-order valence-corrected chi connectivity index (χ3v) is 0.992. The normalized spacial score (nSPS) is 12.3. The maximum absolute atomic E-state index is 8.66. The van der Waals surface area contributed by atoms with Crippen molar-refractivity contribution in [3.05, 3.63) is 0 Å². The molecule has 4 nitrogen and oxygen atoms in total. The number of nitriles is 1. The summed E-state index contributed by atoms with van der Waals surface area (Å²) in [5.41, 5.74) is 0. The van der Waals surface area contributed by atoms with Gasteiger partial charge in [0.1, 0.15) is 6.07 Å². The van der Waals surface area contributed by atoms with E-state index in [0.29, 0.717) is 0 Å². The molecule has 0 aromatic heterocycles. The largest absolute Gasteiger partial charge is 0.362 e. The summed E-state index contributed by atoms with van der Waals surface area (Å²) in [6.07, 6.45) is -1.25. The monoisotopic (exact) mass is 141 g/mol. The Kier molecular flexibility index (Phi) is 3.44. The maximum atomic E-state index is 8.66. The summed E-state index contributed by atoms with van der Waals surface area (Å²) in [5, 5.41) is 26.2. The zero-order chi connectivity index (χ0) is 8.15. The predicted octanol–water partition coefficient (Wildman–Crippen LogP) is 0.0512. The van der Waals surface area contributed by atoms with Crippen LogP contribution >= 0.6 is 0 Å². The van der Waals surface area contributed by atoms with Crippen molar-refractivity contribution in [2.75, 3.05) is 0 Å². The van der Waals surface area contributed by atoms with E-state index in [1.54, 1.807) is 19.9 Å². The number of hydrogen-bond acceptors (Lipinski definition) is 3. The molecule has 0 fully saturated rings. The second-order valence-corrected chi connectivity index (χ2v) is 2.24. The third kappa shape index (κ3) is 3.05. The standard InChI is InChI=1S/C6H11N3O/c1-4(2)6(8)9-5(10)3-7/h4-5,10H,1-2H3,(H2,8,9). The number of aliphatic hydroxyl groups excluding tert-OH is 1. The van der Waals surface area contributed by atoms with Crippen molar-refractivity contribution in [3.8, 4) is 6.07 Å². The van der Waals surface area contributed by atoms with Crippen LogP contribution in [0.5, 0.6) is 0 Å². The molecule has 0 aromatic rings. The van der Waals surface area contributed by atoms with Crippen LogP contribution in [0.15, 0.2) is 0 Å². The first-order chi connectivity index (χ1) is 4.57. The van der Waals surface area contributed by atoms with Crippen LogP contribution in [0.25, 0.3) is 0 Å². The molecule has 10 heavy (non-hydrogen) atoms. The highest BCUT2D eigenvalue weighted by molar-refractivity contribution is 5.81. The Hall–Kier alpha value is -1.08. The fraction of sp³-hybridized carbons (Fsp3) is 0.667. The van der Waals surface area contributed by atoms with Crippen LogP contribution in [0.1, 0.15) is 13.8 Å². The van der Waals surface area contributed by atoms with Crippen molar-refractivity contribution in [3.63, 3.8) is 0 Å². The number of rotatable bonds is 2. The van der Waals surface area contributed by atoms with E-state index < -0.39 is 6.23 Å². The van der Waals surface area contributed by atoms with E-state index in [2.05, 4.69) is 5.32 Å². The molecule has 3 N–H and O–H groups in total. The van der Waals surface area contributed by atoms with Gasteiger partial charge in [0.15, 0.2) is 0 Å². The van der Waals surface area contributed by atoms with Crippen LogP contribution in [-0.4, -0.2) is 17.2 Å². The SMILES string of the molecule is CC(C)C(=N)NC(O)C#N. The Labute approximate surface area is 60.0 Å². The Bertz CT molecular complexity index is 159. The van der Waals surface area contributed by atoms with Crippen LogP contribution in [-0.2, 0) is 0 Å². The second kappa shape index (κ2) is 3.85. The summed E-state index contributed by atoms with van der Waals surface area (Å²) in [4.78, 5) is 0. The molecule has 0 aliphatic rings. The van der Waals surface area contributed by atoms with Gasteiger partial charge in [-0.3, -0.25) is 5.41 Å². The first-order valence-corrected chi connectivity index (χ1v) is 3.00. The van der Waals surface area contributed by atoms with Crippen LogP contribution < -0.4 is 5.32 Å². The molecule has 56 valence electrons. The van der Waals surface area contributed by atoms with Gasteiger partial charge in [0, 0.05) is 5.92 Å². The lowest BCUT2D eigenvalue weighted by Crippen LogP contribution is -2.35. The summed E-state index contributed by atoms with van der Waals surface area (Å²) in [5.74, 6) is 0.192. The van der Waals surface area contributed by atoms with Crippen molar-refractivity contribution in [1.29, 1.82) is 10.7 Å². The molecule has 0 saturated heterocycles. The molecular weight excluding hydrogens is 130 g/mol. The van der Waals surface area contributed by atoms with E-state index in [-0.39, 0.29) is 11.8 Å². The quantitative estimate of drug-likeness (QED) is 0.220. The van der Waals surface area contributed by atoms with Gasteiger partial charge in [-0.15, -0.1) is 0 Å². The summed E-state index contributed by atoms with van der Waals surface area (Å²) >= 11 is 0. The first-order valence-electron chi connectivity index (χ1n) is 3.00. The van der Waals surface area contributed by atoms with Crippen molar-refractivity contribution in [1.82, 2.24) is 5.32 Å². The van der Waals surface area contributed by atoms with E-state index >= 15 is 0 Å². The number of nitrogens with zero attached hydrogens (tertiary/aromatic N) is 1. The lowest BCUT2D eigenvalue weighted by Gasteiger charge is -2.10. The Morgan fingerprint density at radius 1 is 1.70 bits per heavy atom. The average molecular weight is 141 g/mol. The minimum Gasteiger partial charge on any atom is -0.362 e. The molecule has 0 aromatic carbocycles. The minimum atomic E-state index is -1.25. The van der Waals surface area contributed by atoms with Gasteiger partial charge in [0.25, 0.3) is 0 Å². The molecule has 1 atom stereocenters. The fourth-order valence-electron chi connectivity index (χ4n) is 0.346. The lowest BCUT2D eigenvalue weighted by molar-refractivity contribution is 0.214. The van der Waals surface area contributed by atoms with Crippen molar-refractivity contribution >= 4 is 5.84 Å². The topological polar surface area (TPSA) is 79.9 Å². The number of aliphatic hydroxyl groups is 1. The van der Waals surface area contributed by atoms with Gasteiger partial charge in [-0.25, -0.2) is 0 Å². The van der Waals surface area contributed by atoms with Gasteiger partial charge in [0.2, 0.25) is 6.23 Å². The summed E-state index contributed by atoms with van der Waals surface area (Å²) in [7, 11) is 0. The Balaban J connectivity index is 3.71. The molecule has 0 bridgehead atoms. The highest BCUT2D eigenvalue weighted by Crippen LogP contribution is 1.91. The summed E-state index contributed by atoms with van der Waals surface area (Å²) in [6.45, 7) is 3.61. The Morgan fingerprint density at radius 3 is 2.50 bits per heavy atom. The molecule has 4 heteroatoms. The number of nitrogens with one attached hydrogen (secondary N) is 2. The summed E-state index contributed by atoms with van der Waals surface area (Å²) in [6, 6.07) is 1.55. The minimum absolute atomic E-state index is 0.0167. The molecule has 0 aliphatic heterocycles. The Morgan fingerprint density at radius 2 is 2.20 bits per heavy atom. The predicted molar refractivity (Wildman–Crippen MR) is 37.3 cm³/mol. The van der Waals surface area contributed by atoms with Crippen LogP contribution in [0, 0.1) is 22.7 Å². The fourth-order valence-corrected chi connectivity index (χ4v) is 0.346. The molecule has 0 aliphatic carbocycles. The molecule has 0 saturated carbocycles. The van der Waals surface area contributed by atoms with E-state index in [1.807, 2.05) is 0 Å². The molecule has 0 amide bonds. The van der Waals surface area contributed by atoms with E-state index in [1.165, 1.54) is 0 Å². The van der Waals surface area contributed by atoms with E-state index in [9.17, 15) is 0 Å². The van der Waals surface area contributed by atoms with Crippen LogP contribution in [0.3, 0.4) is 0 Å². The lowest BCUT2D eigenvalue weighted by atomic mass is 10.2. The van der Waals surface area contributed by atoms with E-state index in [0.717, 1.165) is 0 Å². The van der Waals surface area contributed by atoms with Crippen LogP contribution in [0.2, 0.25) is 0 Å².